The van der Waals surface area contributed by atoms with Gasteiger partial charge < -0.3 is 20.7 Å². The first kappa shape index (κ1) is 10.9. The number of esters is 1. The quantitative estimate of drug-likeness (QED) is 0.354. The summed E-state index contributed by atoms with van der Waals surface area (Å²) in [7, 11) is 0. The van der Waals surface area contributed by atoms with Gasteiger partial charge in [0.25, 0.3) is 0 Å². The highest BCUT2D eigenvalue weighted by Crippen LogP contribution is 1.96. The van der Waals surface area contributed by atoms with Crippen molar-refractivity contribution >= 4 is 11.9 Å². The van der Waals surface area contributed by atoms with Crippen LogP contribution in [0.25, 0.3) is 0 Å². The van der Waals surface area contributed by atoms with Gasteiger partial charge in [-0.25, -0.2) is 0 Å². The monoisotopic (exact) mass is 177 g/mol. The average Bonchev–Trinajstić information content (AvgIpc) is 2.00. The predicted octanol–water partition coefficient (Wildman–Crippen LogP) is -1.33. The Morgan fingerprint density at radius 2 is 2.08 bits per heavy atom. The Labute approximate surface area is 68.9 Å². The molecule has 0 aromatic carbocycles. The summed E-state index contributed by atoms with van der Waals surface area (Å²) in [5.41, 5.74) is 5.09. The van der Waals surface area contributed by atoms with Gasteiger partial charge >= 0.3 is 11.9 Å². The Kier molecular flexibility index (Phi) is 4.98. The van der Waals surface area contributed by atoms with Gasteiger partial charge in [-0.1, -0.05) is 0 Å². The van der Waals surface area contributed by atoms with Crippen molar-refractivity contribution in [2.24, 2.45) is 5.73 Å². The van der Waals surface area contributed by atoms with E-state index in [4.69, 9.17) is 15.9 Å². The molecule has 70 valence electrons. The SMILES string of the molecule is N[C@H](CCC(=O)OCO)C(=O)O. The van der Waals surface area contributed by atoms with E-state index in [1.54, 1.807) is 0 Å². The van der Waals surface area contributed by atoms with Crippen LogP contribution >= 0.6 is 0 Å². The molecule has 6 heteroatoms. The Bertz CT molecular complexity index is 169. The number of nitrogens with two attached hydrogens (primary N) is 1. The largest absolute Gasteiger partial charge is 0.480 e. The molecule has 0 radical (unpaired) electrons. The number of hydrogen-bond acceptors (Lipinski definition) is 5. The summed E-state index contributed by atoms with van der Waals surface area (Å²) in [5, 5.41) is 16.4. The molecule has 0 bridgehead atoms. The van der Waals surface area contributed by atoms with Gasteiger partial charge in [0.15, 0.2) is 6.79 Å². The number of aliphatic hydroxyl groups is 1. The maximum absolute atomic E-state index is 10.5. The van der Waals surface area contributed by atoms with Gasteiger partial charge in [0.05, 0.1) is 0 Å². The molecule has 0 aliphatic heterocycles. The number of carboxylic acid groups (broad SMARTS) is 1. The molecule has 0 aromatic heterocycles. The number of aliphatic hydroxyl groups excluding tert-OH is 1. The van der Waals surface area contributed by atoms with E-state index in [1.807, 2.05) is 0 Å². The maximum Gasteiger partial charge on any atom is 0.320 e. The minimum Gasteiger partial charge on any atom is -0.480 e. The van der Waals surface area contributed by atoms with Gasteiger partial charge in [0.2, 0.25) is 0 Å². The summed E-state index contributed by atoms with van der Waals surface area (Å²) >= 11 is 0. The highest BCUT2D eigenvalue weighted by molar-refractivity contribution is 5.75. The summed E-state index contributed by atoms with van der Waals surface area (Å²) in [6.45, 7) is -0.693. The minimum absolute atomic E-state index is 0.00810. The molecule has 0 spiro atoms. The Hall–Kier alpha value is -1.14. The molecule has 0 saturated heterocycles. The number of carboxylic acids is 1. The highest BCUT2D eigenvalue weighted by atomic mass is 16.6. The number of carbonyl (C=O) groups is 2. The summed E-state index contributed by atoms with van der Waals surface area (Å²) in [4.78, 5) is 20.7. The molecule has 0 aliphatic carbocycles. The molecule has 6 nitrogen and oxygen atoms in total. The lowest BCUT2D eigenvalue weighted by Crippen LogP contribution is -2.30. The van der Waals surface area contributed by atoms with Crippen LogP contribution in [-0.4, -0.2) is 35.0 Å². The van der Waals surface area contributed by atoms with Crippen molar-refractivity contribution in [3.05, 3.63) is 0 Å². The number of rotatable bonds is 5. The van der Waals surface area contributed by atoms with Crippen LogP contribution in [0.1, 0.15) is 12.8 Å². The first-order valence-electron chi connectivity index (χ1n) is 3.32. The van der Waals surface area contributed by atoms with Crippen LogP contribution in [0.3, 0.4) is 0 Å². The second kappa shape index (κ2) is 5.50. The smallest absolute Gasteiger partial charge is 0.320 e. The normalized spacial score (nSPS) is 12.2. The van der Waals surface area contributed by atoms with Crippen LogP contribution in [0.4, 0.5) is 0 Å². The van der Waals surface area contributed by atoms with Crippen molar-refractivity contribution in [3.8, 4) is 0 Å². The second-order valence-corrected chi connectivity index (χ2v) is 2.13. The van der Waals surface area contributed by atoms with Crippen LogP contribution in [-0.2, 0) is 14.3 Å². The van der Waals surface area contributed by atoms with Crippen LogP contribution in [0.5, 0.6) is 0 Å². The Morgan fingerprint density at radius 3 is 2.50 bits per heavy atom. The van der Waals surface area contributed by atoms with Crippen molar-refractivity contribution in [2.75, 3.05) is 6.79 Å². The maximum atomic E-state index is 10.5. The highest BCUT2D eigenvalue weighted by Gasteiger charge is 2.13. The van der Waals surface area contributed by atoms with Crippen molar-refractivity contribution in [3.63, 3.8) is 0 Å². The fourth-order valence-electron chi connectivity index (χ4n) is 0.541. The van der Waals surface area contributed by atoms with Crippen molar-refractivity contribution in [1.82, 2.24) is 0 Å². The van der Waals surface area contributed by atoms with Gasteiger partial charge in [-0.3, -0.25) is 9.59 Å². The van der Waals surface area contributed by atoms with Gasteiger partial charge in [-0.15, -0.1) is 0 Å². The predicted molar refractivity (Wildman–Crippen MR) is 38.0 cm³/mol. The molecule has 0 aromatic rings. The summed E-state index contributed by atoms with van der Waals surface area (Å²) in [6, 6.07) is -1.06. The molecule has 12 heavy (non-hydrogen) atoms. The fourth-order valence-corrected chi connectivity index (χ4v) is 0.541. The summed E-state index contributed by atoms with van der Waals surface area (Å²) in [5.74, 6) is -1.82. The van der Waals surface area contributed by atoms with Crippen LogP contribution in [0.15, 0.2) is 0 Å². The van der Waals surface area contributed by atoms with Crippen molar-refractivity contribution in [1.29, 1.82) is 0 Å². The van der Waals surface area contributed by atoms with Crippen molar-refractivity contribution in [2.45, 2.75) is 18.9 Å². The van der Waals surface area contributed by atoms with E-state index in [0.29, 0.717) is 0 Å². The lowest BCUT2D eigenvalue weighted by atomic mass is 10.2. The first-order valence-corrected chi connectivity index (χ1v) is 3.32. The molecule has 0 aliphatic rings. The lowest BCUT2D eigenvalue weighted by molar-refractivity contribution is -0.152. The first-order chi connectivity index (χ1) is 5.57. The van der Waals surface area contributed by atoms with E-state index < -0.39 is 24.8 Å². The Morgan fingerprint density at radius 1 is 1.50 bits per heavy atom. The van der Waals surface area contributed by atoms with E-state index in [1.165, 1.54) is 0 Å². The molecule has 0 rings (SSSR count). The number of hydrogen-bond donors (Lipinski definition) is 3. The molecular formula is C6H11NO5. The molecule has 0 fully saturated rings. The summed E-state index contributed by atoms with van der Waals surface area (Å²) < 4.78 is 4.14. The van der Waals surface area contributed by atoms with Crippen LogP contribution in [0.2, 0.25) is 0 Å². The van der Waals surface area contributed by atoms with Gasteiger partial charge in [-0.05, 0) is 6.42 Å². The number of carbonyl (C=O) groups excluding carboxylic acids is 1. The average molecular weight is 177 g/mol. The molecule has 4 N–H and O–H groups in total. The molecular weight excluding hydrogens is 166 g/mol. The number of ether oxygens (including phenoxy) is 1. The lowest BCUT2D eigenvalue weighted by Gasteiger charge is -2.04. The van der Waals surface area contributed by atoms with E-state index in [2.05, 4.69) is 4.74 Å². The molecule has 1 atom stereocenters. The van der Waals surface area contributed by atoms with E-state index in [9.17, 15) is 9.59 Å². The third-order valence-electron chi connectivity index (χ3n) is 1.20. The molecule has 0 saturated carbocycles. The van der Waals surface area contributed by atoms with Crippen LogP contribution < -0.4 is 5.73 Å². The topological polar surface area (TPSA) is 110 Å². The number of aliphatic carboxylic acids is 1. The summed E-state index contributed by atoms with van der Waals surface area (Å²) in [6.07, 6.45) is -0.0950. The van der Waals surface area contributed by atoms with Crippen molar-refractivity contribution < 1.29 is 24.5 Å². The Balaban J connectivity index is 3.54. The van der Waals surface area contributed by atoms with Gasteiger partial charge in [0, 0.05) is 6.42 Å². The zero-order valence-electron chi connectivity index (χ0n) is 6.40. The third kappa shape index (κ3) is 4.64. The minimum atomic E-state index is -1.16. The van der Waals surface area contributed by atoms with E-state index in [-0.39, 0.29) is 12.8 Å². The molecule has 0 amide bonds. The van der Waals surface area contributed by atoms with E-state index >= 15 is 0 Å². The zero-order valence-corrected chi connectivity index (χ0v) is 6.40. The second-order valence-electron chi connectivity index (χ2n) is 2.13. The fraction of sp³-hybridized carbons (Fsp3) is 0.667. The third-order valence-corrected chi connectivity index (χ3v) is 1.20. The standard InChI is InChI=1S/C6H11NO5/c7-4(6(10)11)1-2-5(9)12-3-8/h4,8H,1-3,7H2,(H,10,11)/t4-/m1/s1. The molecule has 0 heterocycles. The van der Waals surface area contributed by atoms with E-state index in [0.717, 1.165) is 0 Å². The van der Waals surface area contributed by atoms with Crippen LogP contribution in [0, 0.1) is 0 Å². The zero-order chi connectivity index (χ0) is 9.56. The van der Waals surface area contributed by atoms with Gasteiger partial charge in [0.1, 0.15) is 6.04 Å². The van der Waals surface area contributed by atoms with Gasteiger partial charge in [-0.2, -0.15) is 0 Å². The molecule has 0 unspecified atom stereocenters.